The van der Waals surface area contributed by atoms with Crippen molar-refractivity contribution in [3.63, 3.8) is 0 Å². The second-order valence-corrected chi connectivity index (χ2v) is 9.52. The third-order valence-electron chi connectivity index (χ3n) is 5.17. The molecule has 1 fully saturated rings. The van der Waals surface area contributed by atoms with Crippen molar-refractivity contribution in [3.8, 4) is 11.5 Å². The maximum absolute atomic E-state index is 12.6. The average molecular weight is 476 g/mol. The van der Waals surface area contributed by atoms with Gasteiger partial charge in [-0.05, 0) is 30.5 Å². The molecule has 2 aromatic rings. The Balaban J connectivity index is 1.57. The molecule has 1 unspecified atom stereocenters. The molecule has 178 valence electrons. The highest BCUT2D eigenvalue weighted by atomic mass is 32.2. The van der Waals surface area contributed by atoms with E-state index in [1.54, 1.807) is 0 Å². The molecule has 0 heterocycles. The fourth-order valence-electron chi connectivity index (χ4n) is 3.22. The van der Waals surface area contributed by atoms with Crippen LogP contribution in [0, 0.1) is 0 Å². The van der Waals surface area contributed by atoms with Crippen molar-refractivity contribution in [2.45, 2.75) is 42.7 Å². The van der Waals surface area contributed by atoms with Gasteiger partial charge in [-0.25, -0.2) is 13.1 Å². The lowest BCUT2D eigenvalue weighted by atomic mass is 10.0. The molecule has 0 bridgehead atoms. The van der Waals surface area contributed by atoms with E-state index in [1.807, 2.05) is 30.3 Å². The lowest BCUT2D eigenvalue weighted by Gasteiger charge is -2.19. The van der Waals surface area contributed by atoms with Crippen LogP contribution in [0.25, 0.3) is 0 Å². The highest BCUT2D eigenvalue weighted by Crippen LogP contribution is 2.29. The molecule has 1 saturated carbocycles. The molecule has 3 rings (SSSR count). The summed E-state index contributed by atoms with van der Waals surface area (Å²) >= 11 is 0. The zero-order valence-corrected chi connectivity index (χ0v) is 19.5. The van der Waals surface area contributed by atoms with Crippen LogP contribution in [0.1, 0.15) is 24.8 Å². The third kappa shape index (κ3) is 7.19. The number of methoxy groups -OCH3 is 2. The summed E-state index contributed by atoms with van der Waals surface area (Å²) in [6.45, 7) is -0.120. The molecule has 10 heteroatoms. The number of amides is 2. The molecular weight excluding hydrogens is 446 g/mol. The van der Waals surface area contributed by atoms with Crippen LogP contribution < -0.4 is 24.8 Å². The standard InChI is InChI=1S/C23H29N3O6S/c1-31-20-11-10-18(15-21(20)32-2)33(29,30)24-13-12-22(27)26-19(23(28)25-17-8-9-17)14-16-6-4-3-5-7-16/h3-7,10-11,15,17,19,24H,8-9,12-14H2,1-2H3,(H,25,28)(H,26,27). The molecule has 1 aliphatic carbocycles. The molecule has 1 atom stereocenters. The van der Waals surface area contributed by atoms with Crippen molar-refractivity contribution in [2.24, 2.45) is 0 Å². The number of carbonyl (C=O) groups is 2. The van der Waals surface area contributed by atoms with Crippen molar-refractivity contribution >= 4 is 21.8 Å². The number of sulfonamides is 1. The quantitative estimate of drug-likeness (QED) is 0.426. The number of carbonyl (C=O) groups excluding carboxylic acids is 2. The Morgan fingerprint density at radius 1 is 1.03 bits per heavy atom. The van der Waals surface area contributed by atoms with Gasteiger partial charge in [-0.3, -0.25) is 9.59 Å². The predicted molar refractivity (Wildman–Crippen MR) is 123 cm³/mol. The van der Waals surface area contributed by atoms with Crippen molar-refractivity contribution in [1.82, 2.24) is 15.4 Å². The number of rotatable bonds is 12. The number of hydrogen-bond donors (Lipinski definition) is 3. The van der Waals surface area contributed by atoms with Gasteiger partial charge in [0.25, 0.3) is 0 Å². The fourth-order valence-corrected chi connectivity index (χ4v) is 4.27. The van der Waals surface area contributed by atoms with Crippen LogP contribution >= 0.6 is 0 Å². The minimum Gasteiger partial charge on any atom is -0.493 e. The molecule has 0 aliphatic heterocycles. The predicted octanol–water partition coefficient (Wildman–Crippen LogP) is 1.38. The molecule has 2 aromatic carbocycles. The highest BCUT2D eigenvalue weighted by molar-refractivity contribution is 7.89. The molecule has 0 radical (unpaired) electrons. The summed E-state index contributed by atoms with van der Waals surface area (Å²) in [7, 11) is -0.988. The summed E-state index contributed by atoms with van der Waals surface area (Å²) in [5.41, 5.74) is 0.919. The Labute approximate surface area is 193 Å². The zero-order valence-electron chi connectivity index (χ0n) is 18.7. The number of hydrogen-bond acceptors (Lipinski definition) is 6. The first kappa shape index (κ1) is 24.5. The Morgan fingerprint density at radius 2 is 1.73 bits per heavy atom. The van der Waals surface area contributed by atoms with E-state index in [9.17, 15) is 18.0 Å². The number of ether oxygens (including phenoxy) is 2. The monoisotopic (exact) mass is 475 g/mol. The summed E-state index contributed by atoms with van der Waals surface area (Å²) in [5, 5.41) is 5.65. The van der Waals surface area contributed by atoms with Crippen molar-refractivity contribution < 1.29 is 27.5 Å². The van der Waals surface area contributed by atoms with Gasteiger partial charge < -0.3 is 20.1 Å². The van der Waals surface area contributed by atoms with Crippen molar-refractivity contribution in [1.29, 1.82) is 0 Å². The molecule has 9 nitrogen and oxygen atoms in total. The van der Waals surface area contributed by atoms with Gasteiger partial charge in [-0.2, -0.15) is 0 Å². The Kier molecular flexibility index (Phi) is 8.29. The molecule has 3 N–H and O–H groups in total. The van der Waals surface area contributed by atoms with E-state index in [0.717, 1.165) is 18.4 Å². The second kappa shape index (κ2) is 11.2. The summed E-state index contributed by atoms with van der Waals surface area (Å²) < 4.78 is 37.8. The maximum Gasteiger partial charge on any atom is 0.243 e. The summed E-state index contributed by atoms with van der Waals surface area (Å²) in [5.74, 6) is 0.0332. The van der Waals surface area contributed by atoms with Gasteiger partial charge in [0.15, 0.2) is 11.5 Å². The van der Waals surface area contributed by atoms with Crippen LogP contribution in [0.5, 0.6) is 11.5 Å². The first-order valence-electron chi connectivity index (χ1n) is 10.7. The smallest absolute Gasteiger partial charge is 0.243 e. The van der Waals surface area contributed by atoms with Gasteiger partial charge in [-0.15, -0.1) is 0 Å². The fraction of sp³-hybridized carbons (Fsp3) is 0.391. The van der Waals surface area contributed by atoms with E-state index in [4.69, 9.17) is 9.47 Å². The van der Waals surface area contributed by atoms with Crippen molar-refractivity contribution in [3.05, 3.63) is 54.1 Å². The SMILES string of the molecule is COc1ccc(S(=O)(=O)NCCC(=O)NC(Cc2ccccc2)C(=O)NC2CC2)cc1OC. The highest BCUT2D eigenvalue weighted by Gasteiger charge is 2.28. The second-order valence-electron chi connectivity index (χ2n) is 7.76. The van der Waals surface area contributed by atoms with Crippen LogP contribution in [0.3, 0.4) is 0 Å². The first-order valence-corrected chi connectivity index (χ1v) is 12.2. The summed E-state index contributed by atoms with van der Waals surface area (Å²) in [6, 6.07) is 13.1. The number of benzene rings is 2. The first-order chi connectivity index (χ1) is 15.8. The Bertz CT molecular complexity index is 1070. The van der Waals surface area contributed by atoms with Crippen molar-refractivity contribution in [2.75, 3.05) is 20.8 Å². The van der Waals surface area contributed by atoms with Gasteiger partial charge in [0, 0.05) is 31.5 Å². The van der Waals surface area contributed by atoms with Crippen LogP contribution in [0.4, 0.5) is 0 Å². The van der Waals surface area contributed by atoms with Gasteiger partial charge in [0.05, 0.1) is 19.1 Å². The molecule has 0 saturated heterocycles. The summed E-state index contributed by atoms with van der Waals surface area (Å²) in [6.07, 6.45) is 2.11. The minimum atomic E-state index is -3.86. The Morgan fingerprint density at radius 3 is 2.36 bits per heavy atom. The lowest BCUT2D eigenvalue weighted by molar-refractivity contribution is -0.129. The minimum absolute atomic E-state index is 0.00803. The lowest BCUT2D eigenvalue weighted by Crippen LogP contribution is -2.49. The van der Waals surface area contributed by atoms with E-state index in [0.29, 0.717) is 12.2 Å². The van der Waals surface area contributed by atoms with Crippen LogP contribution in [0.2, 0.25) is 0 Å². The maximum atomic E-state index is 12.6. The van der Waals surface area contributed by atoms with Gasteiger partial charge in [0.1, 0.15) is 6.04 Å². The van der Waals surface area contributed by atoms with E-state index < -0.39 is 22.0 Å². The topological polar surface area (TPSA) is 123 Å². The zero-order chi connectivity index (χ0) is 23.8. The molecule has 2 amide bonds. The van der Waals surface area contributed by atoms with E-state index in [1.165, 1.54) is 32.4 Å². The van der Waals surface area contributed by atoms with Crippen LogP contribution in [-0.4, -0.2) is 53.1 Å². The Hall–Kier alpha value is -3.11. The van der Waals surface area contributed by atoms with E-state index in [-0.39, 0.29) is 35.6 Å². The third-order valence-corrected chi connectivity index (χ3v) is 6.63. The van der Waals surface area contributed by atoms with Gasteiger partial charge in [-0.1, -0.05) is 30.3 Å². The normalized spacial score (nSPS) is 14.2. The average Bonchev–Trinajstić information content (AvgIpc) is 3.62. The molecule has 0 spiro atoms. The number of nitrogens with one attached hydrogen (secondary N) is 3. The van der Waals surface area contributed by atoms with E-state index >= 15 is 0 Å². The van der Waals surface area contributed by atoms with E-state index in [2.05, 4.69) is 15.4 Å². The van der Waals surface area contributed by atoms with Crippen LogP contribution in [0.15, 0.2) is 53.4 Å². The molecular formula is C23H29N3O6S. The largest absolute Gasteiger partial charge is 0.493 e. The molecule has 33 heavy (non-hydrogen) atoms. The molecule has 1 aliphatic rings. The van der Waals surface area contributed by atoms with Gasteiger partial charge >= 0.3 is 0 Å². The summed E-state index contributed by atoms with van der Waals surface area (Å²) in [4.78, 5) is 25.1. The van der Waals surface area contributed by atoms with Gasteiger partial charge in [0.2, 0.25) is 21.8 Å². The van der Waals surface area contributed by atoms with Crippen LogP contribution in [-0.2, 0) is 26.0 Å². The molecule has 0 aromatic heterocycles.